The highest BCUT2D eigenvalue weighted by atomic mass is 15.1. The van der Waals surface area contributed by atoms with Crippen LogP contribution < -0.4 is 0 Å². The van der Waals surface area contributed by atoms with E-state index in [4.69, 9.17) is 0 Å². The van der Waals surface area contributed by atoms with Crippen molar-refractivity contribution in [1.29, 1.82) is 0 Å². The van der Waals surface area contributed by atoms with E-state index in [1.807, 2.05) is 0 Å². The Morgan fingerprint density at radius 1 is 0.706 bits per heavy atom. The Hall–Kier alpha value is -0.400. The van der Waals surface area contributed by atoms with Crippen LogP contribution in [0.25, 0.3) is 0 Å². The quantitative estimate of drug-likeness (QED) is 0.617. The first-order chi connectivity index (χ1) is 8.25. The molecule has 0 amide bonds. The molecule has 0 spiro atoms. The van der Waals surface area contributed by atoms with Crippen molar-refractivity contribution in [2.24, 2.45) is 22.1 Å². The molecule has 2 saturated carbocycles. The molecule has 0 heterocycles. The molecule has 0 aromatic rings. The molecule has 2 fully saturated rings. The third-order valence-corrected chi connectivity index (χ3v) is 4.65. The molecule has 2 rings (SSSR count). The largest absolute Gasteiger partial charge is 0.191 e. The Morgan fingerprint density at radius 2 is 1.24 bits per heavy atom. The zero-order valence-corrected chi connectivity index (χ0v) is 11.6. The summed E-state index contributed by atoms with van der Waals surface area (Å²) >= 11 is 0. The molecule has 0 aromatic heterocycles. The Balaban J connectivity index is 1.71. The molecule has 0 bridgehead atoms. The standard InChI is InChI=1S/C15H28N2/c1-12(2)13-8-10-15(11-9-13)17-16-14-6-4-3-5-7-14/h12-15H,3-11H2,1-2H3. The number of rotatable bonds is 3. The fourth-order valence-electron chi connectivity index (χ4n) is 3.27. The second-order valence-corrected chi connectivity index (χ2v) is 6.34. The van der Waals surface area contributed by atoms with E-state index < -0.39 is 0 Å². The van der Waals surface area contributed by atoms with Gasteiger partial charge in [0.05, 0.1) is 12.1 Å². The lowest BCUT2D eigenvalue weighted by atomic mass is 9.80. The van der Waals surface area contributed by atoms with Gasteiger partial charge in [-0.15, -0.1) is 0 Å². The molecule has 17 heavy (non-hydrogen) atoms. The molecule has 0 aliphatic heterocycles. The first-order valence-corrected chi connectivity index (χ1v) is 7.65. The summed E-state index contributed by atoms with van der Waals surface area (Å²) in [6, 6.07) is 1.11. The summed E-state index contributed by atoms with van der Waals surface area (Å²) in [5.74, 6) is 1.79. The lowest BCUT2D eigenvalue weighted by molar-refractivity contribution is 0.254. The summed E-state index contributed by atoms with van der Waals surface area (Å²) in [6.45, 7) is 4.71. The van der Waals surface area contributed by atoms with Gasteiger partial charge in [-0.3, -0.25) is 0 Å². The van der Waals surface area contributed by atoms with E-state index in [1.54, 1.807) is 0 Å². The molecule has 0 N–H and O–H groups in total. The second-order valence-electron chi connectivity index (χ2n) is 6.34. The number of hydrogen-bond donors (Lipinski definition) is 0. The van der Waals surface area contributed by atoms with E-state index >= 15 is 0 Å². The van der Waals surface area contributed by atoms with Gasteiger partial charge in [0.2, 0.25) is 0 Å². The average Bonchev–Trinajstić information content (AvgIpc) is 2.38. The van der Waals surface area contributed by atoms with E-state index in [-0.39, 0.29) is 0 Å². The van der Waals surface area contributed by atoms with Crippen LogP contribution in [-0.2, 0) is 0 Å². The van der Waals surface area contributed by atoms with Gasteiger partial charge in [-0.2, -0.15) is 10.2 Å². The lowest BCUT2D eigenvalue weighted by Gasteiger charge is -2.28. The molecule has 0 aromatic carbocycles. The lowest BCUT2D eigenvalue weighted by Crippen LogP contribution is -2.21. The molecule has 2 aliphatic carbocycles. The van der Waals surface area contributed by atoms with Crippen LogP contribution in [0, 0.1) is 11.8 Å². The molecular formula is C15H28N2. The zero-order chi connectivity index (χ0) is 12.1. The predicted octanol–water partition coefficient (Wildman–Crippen LogP) is 4.99. The van der Waals surface area contributed by atoms with Gasteiger partial charge in [0.1, 0.15) is 0 Å². The zero-order valence-electron chi connectivity index (χ0n) is 11.6. The van der Waals surface area contributed by atoms with Crippen molar-refractivity contribution < 1.29 is 0 Å². The molecule has 2 heteroatoms. The summed E-state index contributed by atoms with van der Waals surface area (Å²) in [7, 11) is 0. The summed E-state index contributed by atoms with van der Waals surface area (Å²) in [6.07, 6.45) is 12.0. The summed E-state index contributed by atoms with van der Waals surface area (Å²) in [5.41, 5.74) is 0. The minimum absolute atomic E-state index is 0.548. The van der Waals surface area contributed by atoms with Gasteiger partial charge >= 0.3 is 0 Å². The number of azo groups is 1. The average molecular weight is 236 g/mol. The Labute approximate surface area is 106 Å². The normalized spacial score (nSPS) is 32.4. The van der Waals surface area contributed by atoms with Crippen molar-refractivity contribution in [3.05, 3.63) is 0 Å². The predicted molar refractivity (Wildman–Crippen MR) is 72.3 cm³/mol. The molecular weight excluding hydrogens is 208 g/mol. The van der Waals surface area contributed by atoms with Crippen molar-refractivity contribution in [1.82, 2.24) is 0 Å². The molecule has 0 unspecified atom stereocenters. The fourth-order valence-corrected chi connectivity index (χ4v) is 3.27. The van der Waals surface area contributed by atoms with E-state index in [0.717, 1.165) is 11.8 Å². The van der Waals surface area contributed by atoms with E-state index in [1.165, 1.54) is 57.8 Å². The molecule has 2 nitrogen and oxygen atoms in total. The third-order valence-electron chi connectivity index (χ3n) is 4.65. The van der Waals surface area contributed by atoms with E-state index in [2.05, 4.69) is 24.1 Å². The Bertz CT molecular complexity index is 233. The first-order valence-electron chi connectivity index (χ1n) is 7.65. The number of hydrogen-bond acceptors (Lipinski definition) is 2. The number of nitrogens with zero attached hydrogens (tertiary/aromatic N) is 2. The molecule has 0 saturated heterocycles. The van der Waals surface area contributed by atoms with Gasteiger partial charge in [-0.05, 0) is 50.4 Å². The maximum absolute atomic E-state index is 4.63. The summed E-state index contributed by atoms with van der Waals surface area (Å²) in [5, 5.41) is 9.23. The van der Waals surface area contributed by atoms with Gasteiger partial charge in [0.25, 0.3) is 0 Å². The van der Waals surface area contributed by atoms with Crippen LogP contribution in [0.1, 0.15) is 71.6 Å². The second kappa shape index (κ2) is 6.51. The van der Waals surface area contributed by atoms with Crippen molar-refractivity contribution in [3.63, 3.8) is 0 Å². The van der Waals surface area contributed by atoms with E-state index in [9.17, 15) is 0 Å². The van der Waals surface area contributed by atoms with Crippen LogP contribution in [-0.4, -0.2) is 12.1 Å². The van der Waals surface area contributed by atoms with Crippen molar-refractivity contribution >= 4 is 0 Å². The minimum Gasteiger partial charge on any atom is -0.191 e. The SMILES string of the molecule is CC(C)C1CCC(N=NC2CCCCC2)CC1. The maximum Gasteiger partial charge on any atom is 0.0708 e. The fraction of sp³-hybridized carbons (Fsp3) is 1.00. The minimum atomic E-state index is 0.548. The first kappa shape index (κ1) is 13.0. The van der Waals surface area contributed by atoms with Crippen LogP contribution in [0.4, 0.5) is 0 Å². The van der Waals surface area contributed by atoms with E-state index in [0.29, 0.717) is 12.1 Å². The van der Waals surface area contributed by atoms with Crippen LogP contribution in [0.5, 0.6) is 0 Å². The van der Waals surface area contributed by atoms with Gasteiger partial charge in [0, 0.05) is 0 Å². The van der Waals surface area contributed by atoms with Gasteiger partial charge in [-0.1, -0.05) is 33.1 Å². The molecule has 0 atom stereocenters. The van der Waals surface area contributed by atoms with Crippen molar-refractivity contribution in [3.8, 4) is 0 Å². The Morgan fingerprint density at radius 3 is 1.76 bits per heavy atom. The van der Waals surface area contributed by atoms with Crippen LogP contribution in [0.15, 0.2) is 10.2 Å². The summed E-state index contributed by atoms with van der Waals surface area (Å²) < 4.78 is 0. The molecule has 2 aliphatic rings. The van der Waals surface area contributed by atoms with Crippen LogP contribution in [0.3, 0.4) is 0 Å². The summed E-state index contributed by atoms with van der Waals surface area (Å²) in [4.78, 5) is 0. The van der Waals surface area contributed by atoms with Crippen molar-refractivity contribution in [2.45, 2.75) is 83.7 Å². The molecule has 0 radical (unpaired) electrons. The van der Waals surface area contributed by atoms with Gasteiger partial charge < -0.3 is 0 Å². The van der Waals surface area contributed by atoms with Crippen LogP contribution >= 0.6 is 0 Å². The highest BCUT2D eigenvalue weighted by Crippen LogP contribution is 2.31. The van der Waals surface area contributed by atoms with Crippen LogP contribution in [0.2, 0.25) is 0 Å². The smallest absolute Gasteiger partial charge is 0.0708 e. The monoisotopic (exact) mass is 236 g/mol. The highest BCUT2D eigenvalue weighted by Gasteiger charge is 2.23. The third kappa shape index (κ3) is 4.08. The van der Waals surface area contributed by atoms with Crippen molar-refractivity contribution in [2.75, 3.05) is 0 Å². The Kier molecular flexibility index (Phi) is 4.99. The van der Waals surface area contributed by atoms with Gasteiger partial charge in [-0.25, -0.2) is 0 Å². The van der Waals surface area contributed by atoms with Gasteiger partial charge in [0.15, 0.2) is 0 Å². The molecule has 98 valence electrons. The highest BCUT2D eigenvalue weighted by molar-refractivity contribution is 4.78. The topological polar surface area (TPSA) is 24.7 Å². The maximum atomic E-state index is 4.63.